The normalized spacial score (nSPS) is 14.1. The smallest absolute Gasteiger partial charge is 0.294 e. The number of carbonyl (C=O) groups is 3. The van der Waals surface area contributed by atoms with Gasteiger partial charge in [-0.2, -0.15) is 0 Å². The Morgan fingerprint density at radius 1 is 1.08 bits per heavy atom. The van der Waals surface area contributed by atoms with Gasteiger partial charge in [0.15, 0.2) is 11.5 Å². The van der Waals surface area contributed by atoms with Gasteiger partial charge in [0.2, 0.25) is 5.91 Å². The van der Waals surface area contributed by atoms with Crippen molar-refractivity contribution in [3.05, 3.63) is 86.1 Å². The number of methoxy groups -OCH3 is 1. The van der Waals surface area contributed by atoms with E-state index >= 15 is 0 Å². The van der Waals surface area contributed by atoms with E-state index in [2.05, 4.69) is 27.9 Å². The van der Waals surface area contributed by atoms with Crippen molar-refractivity contribution in [3.63, 3.8) is 0 Å². The van der Waals surface area contributed by atoms with E-state index in [1.807, 2.05) is 6.92 Å². The highest BCUT2D eigenvalue weighted by Crippen LogP contribution is 2.38. The van der Waals surface area contributed by atoms with Crippen LogP contribution in [-0.4, -0.2) is 42.2 Å². The summed E-state index contributed by atoms with van der Waals surface area (Å²) >= 11 is 2.87. The maximum Gasteiger partial charge on any atom is 0.294 e. The SMILES string of the molecule is CCOc1cc(/C=C2/SC(=O)N(CC(=O)Nc3ccc(OC)cc3)C2=O)cc(I)c1OCc1ccc(F)cc1. The van der Waals surface area contributed by atoms with Crippen molar-refractivity contribution in [2.75, 3.05) is 25.6 Å². The van der Waals surface area contributed by atoms with E-state index in [0.717, 1.165) is 25.8 Å². The second-order valence-corrected chi connectivity index (χ2v) is 10.4. The minimum absolute atomic E-state index is 0.190. The number of rotatable bonds is 10. The Hall–Kier alpha value is -3.58. The van der Waals surface area contributed by atoms with Crippen molar-refractivity contribution in [1.29, 1.82) is 0 Å². The maximum atomic E-state index is 13.2. The molecule has 0 bridgehead atoms. The van der Waals surface area contributed by atoms with Gasteiger partial charge in [0.25, 0.3) is 11.1 Å². The number of ether oxygens (including phenoxy) is 3. The molecule has 1 N–H and O–H groups in total. The van der Waals surface area contributed by atoms with Gasteiger partial charge in [-0.05, 0) is 107 Å². The number of imide groups is 1. The van der Waals surface area contributed by atoms with E-state index in [-0.39, 0.29) is 17.3 Å². The van der Waals surface area contributed by atoms with Gasteiger partial charge < -0.3 is 19.5 Å². The predicted molar refractivity (Wildman–Crippen MR) is 155 cm³/mol. The highest BCUT2D eigenvalue weighted by atomic mass is 127. The molecule has 0 unspecified atom stereocenters. The van der Waals surface area contributed by atoms with Crippen LogP contribution in [0.15, 0.2) is 65.6 Å². The summed E-state index contributed by atoms with van der Waals surface area (Å²) in [6, 6.07) is 16.2. The second-order valence-electron chi connectivity index (χ2n) is 8.22. The highest BCUT2D eigenvalue weighted by Gasteiger charge is 2.36. The Kier molecular flexibility index (Phi) is 9.46. The highest BCUT2D eigenvalue weighted by molar-refractivity contribution is 14.1. The van der Waals surface area contributed by atoms with Crippen LogP contribution in [0.2, 0.25) is 0 Å². The number of hydrogen-bond acceptors (Lipinski definition) is 7. The van der Waals surface area contributed by atoms with E-state index in [1.54, 1.807) is 54.6 Å². The quantitative estimate of drug-likeness (QED) is 0.208. The lowest BCUT2D eigenvalue weighted by atomic mass is 10.1. The molecule has 1 aliphatic heterocycles. The monoisotopic (exact) mass is 662 g/mol. The van der Waals surface area contributed by atoms with Gasteiger partial charge in [0.1, 0.15) is 24.7 Å². The number of amides is 3. The van der Waals surface area contributed by atoms with Crippen LogP contribution in [0.3, 0.4) is 0 Å². The van der Waals surface area contributed by atoms with Crippen LogP contribution in [0.5, 0.6) is 17.2 Å². The Labute approximate surface area is 242 Å². The standard InChI is InChI=1S/C28H24FIN2O6S/c1-3-37-23-13-18(12-22(30)26(23)38-16-17-4-6-19(29)7-5-17)14-24-27(34)32(28(35)39-24)15-25(33)31-20-8-10-21(36-2)11-9-20/h4-14H,3,15-16H2,1-2H3,(H,31,33)/b24-14+. The molecule has 3 amide bonds. The van der Waals surface area contributed by atoms with Crippen LogP contribution in [0.25, 0.3) is 6.08 Å². The third-order valence-corrected chi connectivity index (χ3v) is 7.18. The van der Waals surface area contributed by atoms with E-state index in [4.69, 9.17) is 14.2 Å². The van der Waals surface area contributed by atoms with E-state index < -0.39 is 23.6 Å². The number of thioether (sulfide) groups is 1. The maximum absolute atomic E-state index is 13.2. The molecule has 0 atom stereocenters. The molecule has 1 saturated heterocycles. The molecule has 0 radical (unpaired) electrons. The summed E-state index contributed by atoms with van der Waals surface area (Å²) < 4.78 is 30.8. The third-order valence-electron chi connectivity index (χ3n) is 5.47. The third kappa shape index (κ3) is 7.30. The number of carbonyl (C=O) groups excluding carboxylic acids is 3. The number of nitrogens with zero attached hydrogens (tertiary/aromatic N) is 1. The van der Waals surface area contributed by atoms with Crippen LogP contribution >= 0.6 is 34.4 Å². The number of anilines is 1. The van der Waals surface area contributed by atoms with Crippen molar-refractivity contribution in [2.45, 2.75) is 13.5 Å². The van der Waals surface area contributed by atoms with Crippen LogP contribution in [0.4, 0.5) is 14.9 Å². The van der Waals surface area contributed by atoms with Crippen LogP contribution in [0.1, 0.15) is 18.1 Å². The molecule has 8 nitrogen and oxygen atoms in total. The average molecular weight is 662 g/mol. The van der Waals surface area contributed by atoms with Crippen LogP contribution in [-0.2, 0) is 16.2 Å². The molecule has 0 spiro atoms. The Bertz CT molecular complexity index is 1410. The van der Waals surface area contributed by atoms with E-state index in [9.17, 15) is 18.8 Å². The fraction of sp³-hybridized carbons (Fsp3) is 0.179. The summed E-state index contributed by atoms with van der Waals surface area (Å²) in [6.45, 7) is 2.02. The fourth-order valence-electron chi connectivity index (χ4n) is 3.62. The number of benzene rings is 3. The Morgan fingerprint density at radius 2 is 1.79 bits per heavy atom. The van der Waals surface area contributed by atoms with Gasteiger partial charge in [-0.3, -0.25) is 19.3 Å². The first kappa shape index (κ1) is 28.4. The molecule has 39 heavy (non-hydrogen) atoms. The van der Waals surface area contributed by atoms with E-state index in [0.29, 0.717) is 35.1 Å². The van der Waals surface area contributed by atoms with Gasteiger partial charge >= 0.3 is 0 Å². The summed E-state index contributed by atoms with van der Waals surface area (Å²) in [5.74, 6) is 0.241. The first-order valence-electron chi connectivity index (χ1n) is 11.8. The molecular weight excluding hydrogens is 638 g/mol. The minimum atomic E-state index is -0.556. The molecule has 0 saturated carbocycles. The van der Waals surface area contributed by atoms with Crippen LogP contribution < -0.4 is 19.5 Å². The molecule has 3 aromatic carbocycles. The topological polar surface area (TPSA) is 94.2 Å². The van der Waals surface area contributed by atoms with Crippen molar-refractivity contribution in [2.24, 2.45) is 0 Å². The van der Waals surface area contributed by atoms with Crippen molar-refractivity contribution in [1.82, 2.24) is 4.90 Å². The van der Waals surface area contributed by atoms with Gasteiger partial charge in [-0.1, -0.05) is 12.1 Å². The minimum Gasteiger partial charge on any atom is -0.497 e. The predicted octanol–water partition coefficient (Wildman–Crippen LogP) is 6.09. The van der Waals surface area contributed by atoms with Gasteiger partial charge in [0.05, 0.1) is 22.2 Å². The lowest BCUT2D eigenvalue weighted by molar-refractivity contribution is -0.127. The average Bonchev–Trinajstić information content (AvgIpc) is 3.17. The summed E-state index contributed by atoms with van der Waals surface area (Å²) in [6.07, 6.45) is 1.58. The first-order chi connectivity index (χ1) is 18.8. The lowest BCUT2D eigenvalue weighted by Crippen LogP contribution is -2.36. The molecular formula is C28H24FIN2O6S. The molecule has 4 rings (SSSR count). The second kappa shape index (κ2) is 13.0. The molecule has 202 valence electrons. The zero-order valence-electron chi connectivity index (χ0n) is 21.0. The molecule has 11 heteroatoms. The fourth-order valence-corrected chi connectivity index (χ4v) is 5.24. The largest absolute Gasteiger partial charge is 0.497 e. The molecule has 3 aromatic rings. The molecule has 1 heterocycles. The van der Waals surface area contributed by atoms with Gasteiger partial charge in [-0.25, -0.2) is 4.39 Å². The Balaban J connectivity index is 1.46. The van der Waals surface area contributed by atoms with Gasteiger partial charge in [-0.15, -0.1) is 0 Å². The number of nitrogens with one attached hydrogen (secondary N) is 1. The molecule has 0 aromatic heterocycles. The lowest BCUT2D eigenvalue weighted by Gasteiger charge is -2.15. The summed E-state index contributed by atoms with van der Waals surface area (Å²) in [7, 11) is 1.54. The van der Waals surface area contributed by atoms with E-state index in [1.165, 1.54) is 19.2 Å². The van der Waals surface area contributed by atoms with Crippen molar-refractivity contribution >= 4 is 63.2 Å². The first-order valence-corrected chi connectivity index (χ1v) is 13.7. The summed E-state index contributed by atoms with van der Waals surface area (Å²) in [5, 5.41) is 2.14. The Morgan fingerprint density at radius 3 is 2.46 bits per heavy atom. The number of hydrogen-bond donors (Lipinski definition) is 1. The van der Waals surface area contributed by atoms with Crippen molar-refractivity contribution < 1.29 is 33.0 Å². The zero-order chi connectivity index (χ0) is 27.9. The summed E-state index contributed by atoms with van der Waals surface area (Å²) in [5.41, 5.74) is 1.94. The van der Waals surface area contributed by atoms with Gasteiger partial charge in [0, 0.05) is 5.69 Å². The zero-order valence-corrected chi connectivity index (χ0v) is 24.0. The van der Waals surface area contributed by atoms with Crippen LogP contribution in [0, 0.1) is 9.39 Å². The number of halogens is 2. The summed E-state index contributed by atoms with van der Waals surface area (Å²) in [4.78, 5) is 39.1. The molecule has 0 aliphatic carbocycles. The molecule has 1 aliphatic rings. The molecule has 1 fully saturated rings. The van der Waals surface area contributed by atoms with Crippen molar-refractivity contribution in [3.8, 4) is 17.2 Å².